The quantitative estimate of drug-likeness (QED) is 0.626. The maximum absolute atomic E-state index is 13.0. The van der Waals surface area contributed by atoms with Gasteiger partial charge in [0.25, 0.3) is 5.56 Å². The van der Waals surface area contributed by atoms with Crippen molar-refractivity contribution in [3.05, 3.63) is 50.8 Å². The van der Waals surface area contributed by atoms with Gasteiger partial charge in [-0.05, 0) is 49.3 Å². The van der Waals surface area contributed by atoms with Crippen molar-refractivity contribution < 1.29 is 17.9 Å². The van der Waals surface area contributed by atoms with Crippen LogP contribution in [0.5, 0.6) is 11.5 Å². The predicted molar refractivity (Wildman–Crippen MR) is 116 cm³/mol. The molecule has 10 heteroatoms. The average Bonchev–Trinajstić information content (AvgIpc) is 2.78. The number of nitrogens with zero attached hydrogens (tertiary/aromatic N) is 3. The second kappa shape index (κ2) is 9.27. The van der Waals surface area contributed by atoms with Crippen LogP contribution in [0.1, 0.15) is 24.8 Å². The van der Waals surface area contributed by atoms with Crippen LogP contribution < -0.4 is 20.7 Å². The zero-order valence-electron chi connectivity index (χ0n) is 18.3. The highest BCUT2D eigenvalue weighted by atomic mass is 32.2. The molecule has 0 unspecified atom stereocenters. The molecule has 0 aliphatic carbocycles. The van der Waals surface area contributed by atoms with Gasteiger partial charge in [-0.3, -0.25) is 9.36 Å². The summed E-state index contributed by atoms with van der Waals surface area (Å²) in [7, 11) is 1.99. The summed E-state index contributed by atoms with van der Waals surface area (Å²) < 4.78 is 40.0. The number of sulfonamides is 1. The summed E-state index contributed by atoms with van der Waals surface area (Å²) in [6, 6.07) is 5.80. The van der Waals surface area contributed by atoms with E-state index in [4.69, 9.17) is 9.47 Å². The molecule has 1 fully saturated rings. The first-order chi connectivity index (χ1) is 14.7. The zero-order valence-corrected chi connectivity index (χ0v) is 19.1. The molecule has 31 heavy (non-hydrogen) atoms. The van der Waals surface area contributed by atoms with E-state index in [-0.39, 0.29) is 4.90 Å². The lowest BCUT2D eigenvalue weighted by Crippen LogP contribution is -2.44. The van der Waals surface area contributed by atoms with Gasteiger partial charge in [0.1, 0.15) is 11.5 Å². The molecule has 3 rings (SSSR count). The Hall–Kier alpha value is -2.59. The predicted octanol–water partition coefficient (Wildman–Crippen LogP) is 1.13. The van der Waals surface area contributed by atoms with Crippen molar-refractivity contribution in [3.8, 4) is 11.5 Å². The Kier molecular flexibility index (Phi) is 6.90. The van der Waals surface area contributed by atoms with Gasteiger partial charge in [-0.25, -0.2) is 13.2 Å². The molecule has 1 aliphatic heterocycles. The number of aromatic nitrogens is 2. The van der Waals surface area contributed by atoms with E-state index in [1.54, 1.807) is 14.2 Å². The number of aryl methyl sites for hydroxylation is 2. The fourth-order valence-corrected chi connectivity index (χ4v) is 5.53. The first-order valence-electron chi connectivity index (χ1n) is 10.2. The molecule has 0 radical (unpaired) electrons. The van der Waals surface area contributed by atoms with E-state index >= 15 is 0 Å². The Morgan fingerprint density at radius 1 is 1.00 bits per heavy atom. The van der Waals surface area contributed by atoms with Gasteiger partial charge in [0, 0.05) is 39.4 Å². The molecule has 9 nitrogen and oxygen atoms in total. The van der Waals surface area contributed by atoms with E-state index in [0.29, 0.717) is 31.8 Å². The van der Waals surface area contributed by atoms with Gasteiger partial charge in [-0.15, -0.1) is 0 Å². The molecule has 0 N–H and O–H groups in total. The third kappa shape index (κ3) is 4.85. The Morgan fingerprint density at radius 3 is 2.13 bits per heavy atom. The van der Waals surface area contributed by atoms with E-state index in [1.807, 2.05) is 18.2 Å². The van der Waals surface area contributed by atoms with Crippen LogP contribution in [0.25, 0.3) is 0 Å². The molecular weight excluding hydrogens is 422 g/mol. The summed E-state index contributed by atoms with van der Waals surface area (Å²) in [6.07, 6.45) is 4.30. The van der Waals surface area contributed by atoms with Gasteiger partial charge in [0.15, 0.2) is 4.90 Å². The SMILES string of the molecule is COc1cc(CCC2CCN(S(=O)(=O)c3cn(C)c(=O)n(C)c3=O)CC2)cc(OC)c1. The molecule has 1 saturated heterocycles. The van der Waals surface area contributed by atoms with Gasteiger partial charge in [0.05, 0.1) is 14.2 Å². The summed E-state index contributed by atoms with van der Waals surface area (Å²) in [5, 5.41) is 0. The highest BCUT2D eigenvalue weighted by Gasteiger charge is 2.32. The van der Waals surface area contributed by atoms with Crippen molar-refractivity contribution >= 4 is 10.0 Å². The molecular formula is C21H29N3O6S. The van der Waals surface area contributed by atoms with Crippen molar-refractivity contribution in [2.45, 2.75) is 30.6 Å². The molecule has 0 saturated carbocycles. The highest BCUT2D eigenvalue weighted by molar-refractivity contribution is 7.89. The average molecular weight is 452 g/mol. The Morgan fingerprint density at radius 2 is 1.58 bits per heavy atom. The lowest BCUT2D eigenvalue weighted by Gasteiger charge is -2.31. The Balaban J connectivity index is 1.66. The highest BCUT2D eigenvalue weighted by Crippen LogP contribution is 2.28. The van der Waals surface area contributed by atoms with Crippen LogP contribution in [-0.4, -0.2) is 49.2 Å². The topological polar surface area (TPSA) is 99.8 Å². The molecule has 0 atom stereocenters. The first-order valence-corrected chi connectivity index (χ1v) is 11.6. The lowest BCUT2D eigenvalue weighted by atomic mass is 9.91. The monoisotopic (exact) mass is 451 g/mol. The molecule has 1 aliphatic rings. The molecule has 2 heterocycles. The third-order valence-corrected chi connectivity index (χ3v) is 7.74. The number of ether oxygens (including phenoxy) is 2. The van der Waals surface area contributed by atoms with Crippen LogP contribution in [-0.2, 0) is 30.5 Å². The van der Waals surface area contributed by atoms with Crippen LogP contribution in [0.2, 0.25) is 0 Å². The minimum atomic E-state index is -3.96. The van der Waals surface area contributed by atoms with Gasteiger partial charge in [0.2, 0.25) is 10.0 Å². The summed E-state index contributed by atoms with van der Waals surface area (Å²) in [6.45, 7) is 0.695. The second-order valence-corrected chi connectivity index (χ2v) is 9.76. The minimum Gasteiger partial charge on any atom is -0.497 e. The van der Waals surface area contributed by atoms with Crippen molar-refractivity contribution in [1.82, 2.24) is 13.4 Å². The molecule has 1 aromatic heterocycles. The molecule has 0 spiro atoms. The fourth-order valence-electron chi connectivity index (χ4n) is 3.91. The number of hydrogen-bond donors (Lipinski definition) is 0. The first kappa shape index (κ1) is 23.1. The summed E-state index contributed by atoms with van der Waals surface area (Å²) in [5.74, 6) is 1.87. The number of piperidine rings is 1. The van der Waals surface area contributed by atoms with Crippen LogP contribution >= 0.6 is 0 Å². The third-order valence-electron chi connectivity index (χ3n) is 5.86. The van der Waals surface area contributed by atoms with E-state index in [9.17, 15) is 18.0 Å². The van der Waals surface area contributed by atoms with Crippen LogP contribution in [0.15, 0.2) is 38.9 Å². The van der Waals surface area contributed by atoms with E-state index in [2.05, 4.69) is 0 Å². The van der Waals surface area contributed by atoms with Crippen LogP contribution in [0, 0.1) is 5.92 Å². The normalized spacial score (nSPS) is 15.7. The Bertz CT molecular complexity index is 1140. The van der Waals surface area contributed by atoms with Gasteiger partial charge in [-0.1, -0.05) is 0 Å². The van der Waals surface area contributed by atoms with Crippen molar-refractivity contribution in [1.29, 1.82) is 0 Å². The maximum Gasteiger partial charge on any atom is 0.330 e. The van der Waals surface area contributed by atoms with Gasteiger partial charge < -0.3 is 14.0 Å². The fraction of sp³-hybridized carbons (Fsp3) is 0.524. The van der Waals surface area contributed by atoms with Crippen LogP contribution in [0.4, 0.5) is 0 Å². The summed E-state index contributed by atoms with van der Waals surface area (Å²) in [4.78, 5) is 23.9. The molecule has 2 aromatic rings. The number of rotatable bonds is 7. The summed E-state index contributed by atoms with van der Waals surface area (Å²) >= 11 is 0. The zero-order chi connectivity index (χ0) is 22.8. The van der Waals surface area contributed by atoms with Crippen molar-refractivity contribution in [3.63, 3.8) is 0 Å². The standard InChI is InChI=1S/C21H29N3O6S/c1-22-14-19(20(25)23(2)21(22)26)31(27,28)24-9-7-15(8-10-24)5-6-16-11-17(29-3)13-18(12-16)30-4/h11-15H,5-10H2,1-4H3. The molecule has 1 aromatic carbocycles. The molecule has 170 valence electrons. The van der Waals surface area contributed by atoms with Crippen molar-refractivity contribution in [2.24, 2.45) is 20.0 Å². The van der Waals surface area contributed by atoms with E-state index in [0.717, 1.165) is 45.2 Å². The van der Waals surface area contributed by atoms with Crippen molar-refractivity contribution in [2.75, 3.05) is 27.3 Å². The largest absolute Gasteiger partial charge is 0.497 e. The Labute approximate surface area is 181 Å². The second-order valence-electron chi connectivity index (χ2n) is 7.86. The number of benzene rings is 1. The van der Waals surface area contributed by atoms with Gasteiger partial charge in [-0.2, -0.15) is 4.31 Å². The van der Waals surface area contributed by atoms with E-state index < -0.39 is 21.3 Å². The summed E-state index contributed by atoms with van der Waals surface area (Å²) in [5.41, 5.74) is -0.242. The lowest BCUT2D eigenvalue weighted by molar-refractivity contribution is 0.263. The molecule has 0 bridgehead atoms. The van der Waals surface area contributed by atoms with Gasteiger partial charge >= 0.3 is 5.69 Å². The number of hydrogen-bond acceptors (Lipinski definition) is 6. The maximum atomic E-state index is 13.0. The van der Waals surface area contributed by atoms with Crippen LogP contribution in [0.3, 0.4) is 0 Å². The number of methoxy groups -OCH3 is 2. The minimum absolute atomic E-state index is 0.348. The molecule has 0 amide bonds. The smallest absolute Gasteiger partial charge is 0.330 e. The van der Waals surface area contributed by atoms with E-state index in [1.165, 1.54) is 18.4 Å².